The summed E-state index contributed by atoms with van der Waals surface area (Å²) in [6, 6.07) is 1.88. The van der Waals surface area contributed by atoms with E-state index >= 15 is 0 Å². The minimum absolute atomic E-state index is 0.834. The van der Waals surface area contributed by atoms with Gasteiger partial charge in [-0.1, -0.05) is 0 Å². The summed E-state index contributed by atoms with van der Waals surface area (Å²) in [6.45, 7) is 3.74. The molecule has 62 valence electrons. The smallest absolute Gasteiger partial charge is 0.0830 e. The van der Waals surface area contributed by atoms with Crippen LogP contribution >= 0.6 is 0 Å². The van der Waals surface area contributed by atoms with Gasteiger partial charge in [-0.25, -0.2) is 0 Å². The van der Waals surface area contributed by atoms with Crippen molar-refractivity contribution in [3.63, 3.8) is 0 Å². The highest BCUT2D eigenvalue weighted by atomic mass is 14.8. The molecule has 0 unspecified atom stereocenters. The molecule has 0 radical (unpaired) electrons. The van der Waals surface area contributed by atoms with Gasteiger partial charge in [0, 0.05) is 12.4 Å². The molecule has 0 aromatic carbocycles. The summed E-state index contributed by atoms with van der Waals surface area (Å²) < 4.78 is 0. The molecule has 1 aromatic rings. The van der Waals surface area contributed by atoms with Crippen molar-refractivity contribution < 1.29 is 0 Å². The van der Waals surface area contributed by atoms with Gasteiger partial charge in [0.05, 0.1) is 23.8 Å². The molecule has 12 heavy (non-hydrogen) atoms. The lowest BCUT2D eigenvalue weighted by atomic mass is 10.4. The number of hydrogen-bond acceptors (Lipinski definition) is 3. The molecule has 3 nitrogen and oxygen atoms in total. The van der Waals surface area contributed by atoms with Crippen LogP contribution in [0.3, 0.4) is 0 Å². The van der Waals surface area contributed by atoms with Gasteiger partial charge in [-0.2, -0.15) is 0 Å². The first-order valence-corrected chi connectivity index (χ1v) is 3.79. The SMILES string of the molecule is CC=Nc1cncc(N=CC)c1. The van der Waals surface area contributed by atoms with E-state index in [-0.39, 0.29) is 0 Å². The number of pyridine rings is 1. The van der Waals surface area contributed by atoms with Gasteiger partial charge in [-0.15, -0.1) is 0 Å². The Bertz CT molecular complexity index is 275. The predicted molar refractivity (Wildman–Crippen MR) is 51.9 cm³/mol. The average Bonchev–Trinajstić information content (AvgIpc) is 2.06. The van der Waals surface area contributed by atoms with E-state index in [4.69, 9.17) is 0 Å². The Kier molecular flexibility index (Phi) is 3.14. The van der Waals surface area contributed by atoms with Crippen LogP contribution in [0.15, 0.2) is 28.4 Å². The lowest BCUT2D eigenvalue weighted by Gasteiger charge is -1.93. The topological polar surface area (TPSA) is 37.6 Å². The molecular formula is C9H11N3. The van der Waals surface area contributed by atoms with Gasteiger partial charge in [0.1, 0.15) is 0 Å². The van der Waals surface area contributed by atoms with Crippen molar-refractivity contribution in [2.75, 3.05) is 0 Å². The van der Waals surface area contributed by atoms with E-state index in [1.165, 1.54) is 0 Å². The quantitative estimate of drug-likeness (QED) is 0.614. The van der Waals surface area contributed by atoms with Crippen molar-refractivity contribution in [2.45, 2.75) is 13.8 Å². The molecule has 0 spiro atoms. The van der Waals surface area contributed by atoms with E-state index in [1.807, 2.05) is 19.9 Å². The van der Waals surface area contributed by atoms with Crippen molar-refractivity contribution in [1.82, 2.24) is 4.98 Å². The largest absolute Gasteiger partial charge is 0.260 e. The van der Waals surface area contributed by atoms with Gasteiger partial charge in [0.15, 0.2) is 0 Å². The fourth-order valence-corrected chi connectivity index (χ4v) is 0.855. The van der Waals surface area contributed by atoms with Crippen LogP contribution < -0.4 is 0 Å². The van der Waals surface area contributed by atoms with Gasteiger partial charge in [-0.3, -0.25) is 15.0 Å². The highest BCUT2D eigenvalue weighted by Crippen LogP contribution is 2.17. The van der Waals surface area contributed by atoms with E-state index in [0.717, 1.165) is 11.4 Å². The summed E-state index contributed by atoms with van der Waals surface area (Å²) in [5.41, 5.74) is 1.67. The molecule has 1 aromatic heterocycles. The Morgan fingerprint density at radius 2 is 1.58 bits per heavy atom. The molecule has 0 N–H and O–H groups in total. The summed E-state index contributed by atoms with van der Waals surface area (Å²) in [5, 5.41) is 0. The second kappa shape index (κ2) is 4.38. The third-order valence-electron chi connectivity index (χ3n) is 1.27. The summed E-state index contributed by atoms with van der Waals surface area (Å²) >= 11 is 0. The summed E-state index contributed by atoms with van der Waals surface area (Å²) in [5.74, 6) is 0. The number of hydrogen-bond donors (Lipinski definition) is 0. The lowest BCUT2D eigenvalue weighted by molar-refractivity contribution is 1.29. The first-order valence-electron chi connectivity index (χ1n) is 3.79. The summed E-state index contributed by atoms with van der Waals surface area (Å²) in [6.07, 6.45) is 6.87. The van der Waals surface area contributed by atoms with Gasteiger partial charge in [-0.05, 0) is 19.9 Å². The Labute approximate surface area is 71.9 Å². The minimum atomic E-state index is 0.834. The van der Waals surface area contributed by atoms with E-state index in [9.17, 15) is 0 Å². The third kappa shape index (κ3) is 2.27. The van der Waals surface area contributed by atoms with Crippen molar-refractivity contribution in [1.29, 1.82) is 0 Å². The van der Waals surface area contributed by atoms with Crippen LogP contribution in [0.25, 0.3) is 0 Å². The van der Waals surface area contributed by atoms with Crippen LogP contribution in [0.5, 0.6) is 0 Å². The first kappa shape index (κ1) is 8.59. The Morgan fingerprint density at radius 1 is 1.08 bits per heavy atom. The van der Waals surface area contributed by atoms with Crippen molar-refractivity contribution in [2.24, 2.45) is 9.98 Å². The molecule has 0 saturated heterocycles. The van der Waals surface area contributed by atoms with Crippen LogP contribution in [-0.2, 0) is 0 Å². The minimum Gasteiger partial charge on any atom is -0.260 e. The molecule has 3 heteroatoms. The molecule has 0 aliphatic rings. The second-order valence-corrected chi connectivity index (χ2v) is 2.18. The molecule has 1 rings (SSSR count). The first-order chi connectivity index (χ1) is 5.86. The van der Waals surface area contributed by atoms with Gasteiger partial charge in [0.2, 0.25) is 0 Å². The Morgan fingerprint density at radius 3 is 2.00 bits per heavy atom. The molecule has 0 aliphatic heterocycles. The van der Waals surface area contributed by atoms with Crippen LogP contribution in [0.2, 0.25) is 0 Å². The normalized spacial score (nSPS) is 11.5. The molecule has 0 saturated carbocycles. The number of nitrogens with zero attached hydrogens (tertiary/aromatic N) is 3. The second-order valence-electron chi connectivity index (χ2n) is 2.18. The van der Waals surface area contributed by atoms with Gasteiger partial charge >= 0.3 is 0 Å². The maximum Gasteiger partial charge on any atom is 0.0830 e. The average molecular weight is 161 g/mol. The number of rotatable bonds is 2. The number of aromatic nitrogens is 1. The van der Waals surface area contributed by atoms with E-state index in [0.29, 0.717) is 0 Å². The molecule has 0 atom stereocenters. The van der Waals surface area contributed by atoms with Crippen molar-refractivity contribution in [3.8, 4) is 0 Å². The van der Waals surface area contributed by atoms with Crippen LogP contribution in [0.4, 0.5) is 11.4 Å². The molecule has 0 aliphatic carbocycles. The highest BCUT2D eigenvalue weighted by molar-refractivity contribution is 5.64. The van der Waals surface area contributed by atoms with Gasteiger partial charge in [0.25, 0.3) is 0 Å². The van der Waals surface area contributed by atoms with Crippen molar-refractivity contribution in [3.05, 3.63) is 18.5 Å². The molecule has 1 heterocycles. The standard InChI is InChI=1S/C9H11N3/c1-3-11-8-5-9(12-4-2)7-10-6-8/h3-7H,1-2H3. The zero-order valence-corrected chi connectivity index (χ0v) is 7.23. The lowest BCUT2D eigenvalue weighted by Crippen LogP contribution is -1.72. The Hall–Kier alpha value is -1.51. The molecule has 0 amide bonds. The maximum atomic E-state index is 4.09. The molecule has 0 bridgehead atoms. The monoisotopic (exact) mass is 161 g/mol. The fourth-order valence-electron chi connectivity index (χ4n) is 0.855. The van der Waals surface area contributed by atoms with Crippen LogP contribution in [0.1, 0.15) is 13.8 Å². The van der Waals surface area contributed by atoms with Crippen LogP contribution in [-0.4, -0.2) is 17.4 Å². The fraction of sp³-hybridized carbons (Fsp3) is 0.222. The van der Waals surface area contributed by atoms with E-state index < -0.39 is 0 Å². The zero-order chi connectivity index (χ0) is 8.81. The van der Waals surface area contributed by atoms with E-state index in [2.05, 4.69) is 15.0 Å². The Balaban J connectivity index is 2.95. The summed E-state index contributed by atoms with van der Waals surface area (Å²) in [4.78, 5) is 12.2. The molecule has 0 fully saturated rings. The highest BCUT2D eigenvalue weighted by Gasteiger charge is 1.90. The summed E-state index contributed by atoms with van der Waals surface area (Å²) in [7, 11) is 0. The molecular weight excluding hydrogens is 150 g/mol. The predicted octanol–water partition coefficient (Wildman–Crippen LogP) is 2.53. The maximum absolute atomic E-state index is 4.09. The van der Waals surface area contributed by atoms with E-state index in [1.54, 1.807) is 24.8 Å². The zero-order valence-electron chi connectivity index (χ0n) is 7.23. The third-order valence-corrected chi connectivity index (χ3v) is 1.27. The van der Waals surface area contributed by atoms with Crippen LogP contribution in [0, 0.1) is 0 Å². The van der Waals surface area contributed by atoms with Crippen molar-refractivity contribution >= 4 is 23.8 Å². The number of aliphatic imine (C=N–C) groups is 2. The van der Waals surface area contributed by atoms with Gasteiger partial charge < -0.3 is 0 Å².